The zero-order chi connectivity index (χ0) is 21.5. The van der Waals surface area contributed by atoms with Gasteiger partial charge in [-0.25, -0.2) is 4.79 Å². The molecule has 2 atom stereocenters. The summed E-state index contributed by atoms with van der Waals surface area (Å²) in [6.07, 6.45) is 1.45. The van der Waals surface area contributed by atoms with Crippen molar-refractivity contribution in [1.82, 2.24) is 4.90 Å². The third-order valence-corrected chi connectivity index (χ3v) is 5.24. The van der Waals surface area contributed by atoms with Crippen LogP contribution in [0.4, 0.5) is 0 Å². The summed E-state index contributed by atoms with van der Waals surface area (Å²) in [6.45, 7) is 5.25. The van der Waals surface area contributed by atoms with Crippen LogP contribution in [0.1, 0.15) is 41.3 Å². The van der Waals surface area contributed by atoms with Gasteiger partial charge in [-0.3, -0.25) is 9.59 Å². The smallest absolute Gasteiger partial charge is 0.329 e. The van der Waals surface area contributed by atoms with E-state index in [0.29, 0.717) is 31.7 Å². The van der Waals surface area contributed by atoms with Crippen LogP contribution in [0, 0.1) is 12.8 Å². The monoisotopic (exact) mass is 409 g/mol. The van der Waals surface area contributed by atoms with Gasteiger partial charge in [0.25, 0.3) is 5.91 Å². The average Bonchev–Trinajstić information content (AvgIpc) is 3.35. The molecule has 6 nitrogen and oxygen atoms in total. The normalized spacial score (nSPS) is 20.1. The minimum atomic E-state index is -0.510. The first-order valence-corrected chi connectivity index (χ1v) is 10.2. The van der Waals surface area contributed by atoms with Crippen molar-refractivity contribution in [3.05, 3.63) is 71.3 Å². The molecular formula is C24H27NO5. The van der Waals surface area contributed by atoms with E-state index >= 15 is 0 Å². The van der Waals surface area contributed by atoms with Crippen molar-refractivity contribution in [2.24, 2.45) is 5.92 Å². The lowest BCUT2D eigenvalue weighted by Gasteiger charge is -2.26. The highest BCUT2D eigenvalue weighted by molar-refractivity contribution is 5.97. The molecule has 2 heterocycles. The van der Waals surface area contributed by atoms with Crippen molar-refractivity contribution in [3.63, 3.8) is 0 Å². The van der Waals surface area contributed by atoms with Crippen LogP contribution in [0.25, 0.3) is 0 Å². The number of aryl methyl sites for hydroxylation is 1. The molecule has 0 saturated carbocycles. The minimum absolute atomic E-state index is 0.0417. The molecule has 0 spiro atoms. The molecule has 2 aromatic rings. The fourth-order valence-corrected chi connectivity index (χ4v) is 3.33. The summed E-state index contributed by atoms with van der Waals surface area (Å²) in [4.78, 5) is 36.9. The zero-order valence-electron chi connectivity index (χ0n) is 17.4. The van der Waals surface area contributed by atoms with E-state index in [-0.39, 0.29) is 23.8 Å². The van der Waals surface area contributed by atoms with E-state index in [9.17, 15) is 14.4 Å². The van der Waals surface area contributed by atoms with E-state index in [1.165, 1.54) is 0 Å². The van der Waals surface area contributed by atoms with E-state index in [1.807, 2.05) is 56.3 Å². The molecule has 0 radical (unpaired) electrons. The van der Waals surface area contributed by atoms with Crippen molar-refractivity contribution in [3.8, 4) is 0 Å². The van der Waals surface area contributed by atoms with Gasteiger partial charge in [-0.1, -0.05) is 55.0 Å². The van der Waals surface area contributed by atoms with Gasteiger partial charge in [0.15, 0.2) is 0 Å². The number of rotatable bonds is 4. The molecule has 2 aliphatic heterocycles. The Kier molecular flexibility index (Phi) is 7.22. The fraction of sp³-hybridized carbons (Fsp3) is 0.375. The van der Waals surface area contributed by atoms with Gasteiger partial charge < -0.3 is 14.4 Å². The van der Waals surface area contributed by atoms with Gasteiger partial charge in [0, 0.05) is 18.5 Å². The Morgan fingerprint density at radius 1 is 0.933 bits per heavy atom. The number of carbonyl (C=O) groups excluding carboxylic acids is 3. The van der Waals surface area contributed by atoms with Crippen LogP contribution in [0.15, 0.2) is 54.6 Å². The van der Waals surface area contributed by atoms with Crippen molar-refractivity contribution < 1.29 is 23.9 Å². The first-order chi connectivity index (χ1) is 14.5. The Morgan fingerprint density at radius 3 is 2.07 bits per heavy atom. The van der Waals surface area contributed by atoms with E-state index < -0.39 is 6.04 Å². The number of cyclic esters (lactones) is 2. The zero-order valence-corrected chi connectivity index (χ0v) is 17.4. The van der Waals surface area contributed by atoms with Gasteiger partial charge in [-0.2, -0.15) is 0 Å². The van der Waals surface area contributed by atoms with Gasteiger partial charge in [-0.15, -0.1) is 0 Å². The number of hydrogen-bond donors (Lipinski definition) is 0. The molecule has 2 aliphatic rings. The average molecular weight is 409 g/mol. The molecule has 1 amide bonds. The largest absolute Gasteiger partial charge is 0.465 e. The van der Waals surface area contributed by atoms with E-state index in [2.05, 4.69) is 4.74 Å². The van der Waals surface area contributed by atoms with Crippen molar-refractivity contribution in [2.45, 2.75) is 39.3 Å². The van der Waals surface area contributed by atoms with Crippen molar-refractivity contribution in [1.29, 1.82) is 0 Å². The summed E-state index contributed by atoms with van der Waals surface area (Å²) in [5.41, 5.74) is 2.68. The topological polar surface area (TPSA) is 72.9 Å². The maximum Gasteiger partial charge on any atom is 0.329 e. The number of esters is 2. The molecule has 0 N–H and O–H groups in total. The summed E-state index contributed by atoms with van der Waals surface area (Å²) in [5, 5.41) is 0. The highest BCUT2D eigenvalue weighted by Crippen LogP contribution is 2.20. The predicted molar refractivity (Wildman–Crippen MR) is 112 cm³/mol. The fourth-order valence-electron chi connectivity index (χ4n) is 3.33. The molecule has 0 aromatic heterocycles. The van der Waals surface area contributed by atoms with Crippen LogP contribution in [0.2, 0.25) is 0 Å². The molecule has 158 valence electrons. The van der Waals surface area contributed by atoms with E-state index in [1.54, 1.807) is 17.0 Å². The Labute approximate surface area is 176 Å². The van der Waals surface area contributed by atoms with Crippen molar-refractivity contribution >= 4 is 17.8 Å². The molecule has 2 aromatic carbocycles. The predicted octanol–water partition coefficient (Wildman–Crippen LogP) is 3.52. The second-order valence-electron chi connectivity index (χ2n) is 7.61. The summed E-state index contributed by atoms with van der Waals surface area (Å²) in [7, 11) is 0. The lowest BCUT2D eigenvalue weighted by molar-refractivity contribution is -0.142. The second-order valence-corrected chi connectivity index (χ2v) is 7.61. The van der Waals surface area contributed by atoms with Crippen LogP contribution < -0.4 is 0 Å². The first-order valence-electron chi connectivity index (χ1n) is 10.2. The highest BCUT2D eigenvalue weighted by atomic mass is 16.5. The van der Waals surface area contributed by atoms with Crippen LogP contribution in [0.3, 0.4) is 0 Å². The second kappa shape index (κ2) is 10.1. The lowest BCUT2D eigenvalue weighted by atomic mass is 10.1. The van der Waals surface area contributed by atoms with Crippen LogP contribution in [-0.4, -0.2) is 42.0 Å². The standard InChI is InChI=1S/C19H19NO3.C5H8O2/c1-14-7-9-16(10-8-14)18(21)20(17-11-12-23-19(17)22)13-15-5-3-2-4-6-15;1-4-2-3-7-5(4)6/h2-10,17H,11-13H2,1H3;4H,2-3H2,1H3. The van der Waals surface area contributed by atoms with E-state index in [0.717, 1.165) is 17.5 Å². The molecule has 30 heavy (non-hydrogen) atoms. The van der Waals surface area contributed by atoms with Crippen LogP contribution in [-0.2, 0) is 25.6 Å². The Bertz CT molecular complexity index is 878. The summed E-state index contributed by atoms with van der Waals surface area (Å²) < 4.78 is 9.68. The van der Waals surface area contributed by atoms with Gasteiger partial charge >= 0.3 is 11.9 Å². The number of nitrogens with zero attached hydrogens (tertiary/aromatic N) is 1. The third kappa shape index (κ3) is 5.47. The first kappa shape index (κ1) is 21.6. The molecule has 4 rings (SSSR count). The number of carbonyl (C=O) groups is 3. The quantitative estimate of drug-likeness (QED) is 0.723. The van der Waals surface area contributed by atoms with Crippen molar-refractivity contribution in [2.75, 3.05) is 13.2 Å². The lowest BCUT2D eigenvalue weighted by Crippen LogP contribution is -2.42. The number of benzene rings is 2. The van der Waals surface area contributed by atoms with E-state index in [4.69, 9.17) is 4.74 Å². The summed E-state index contributed by atoms with van der Waals surface area (Å²) in [6, 6.07) is 16.6. The molecule has 0 aliphatic carbocycles. The number of ether oxygens (including phenoxy) is 2. The Hall–Kier alpha value is -3.15. The number of hydrogen-bond acceptors (Lipinski definition) is 5. The van der Waals surface area contributed by atoms with Gasteiger partial charge in [0.05, 0.1) is 19.1 Å². The Balaban J connectivity index is 0.000000310. The molecule has 2 fully saturated rings. The molecule has 0 bridgehead atoms. The summed E-state index contributed by atoms with van der Waals surface area (Å²) >= 11 is 0. The molecule has 2 unspecified atom stereocenters. The molecule has 2 saturated heterocycles. The maximum absolute atomic E-state index is 12.9. The minimum Gasteiger partial charge on any atom is -0.465 e. The SMILES string of the molecule is CC1CCOC1=O.Cc1ccc(C(=O)N(Cc2ccccc2)C2CCOC2=O)cc1. The van der Waals surface area contributed by atoms with Crippen LogP contribution >= 0.6 is 0 Å². The Morgan fingerprint density at radius 2 is 1.57 bits per heavy atom. The van der Waals surface area contributed by atoms with Crippen LogP contribution in [0.5, 0.6) is 0 Å². The number of amides is 1. The van der Waals surface area contributed by atoms with Gasteiger partial charge in [0.1, 0.15) is 6.04 Å². The summed E-state index contributed by atoms with van der Waals surface area (Å²) in [5.74, 6) is -0.348. The van der Waals surface area contributed by atoms with Gasteiger partial charge in [-0.05, 0) is 31.0 Å². The maximum atomic E-state index is 12.9. The van der Waals surface area contributed by atoms with Gasteiger partial charge in [0.2, 0.25) is 0 Å². The third-order valence-electron chi connectivity index (χ3n) is 5.24. The molecular weight excluding hydrogens is 382 g/mol. The highest BCUT2D eigenvalue weighted by Gasteiger charge is 2.35. The molecule has 6 heteroatoms.